The third kappa shape index (κ3) is 4.05. The van der Waals surface area contributed by atoms with Crippen molar-refractivity contribution >= 4 is 11.9 Å². The first-order valence-electron chi connectivity index (χ1n) is 6.68. The minimum atomic E-state index is -0.169. The van der Waals surface area contributed by atoms with E-state index in [4.69, 9.17) is 0 Å². The Kier molecular flexibility index (Phi) is 5.06. The molecule has 1 aromatic carbocycles. The van der Waals surface area contributed by atoms with Crippen LogP contribution in [0.15, 0.2) is 42.6 Å². The van der Waals surface area contributed by atoms with Gasteiger partial charge in [-0.15, -0.1) is 0 Å². The van der Waals surface area contributed by atoms with Crippen molar-refractivity contribution in [2.45, 2.75) is 19.9 Å². The fraction of sp³-hybridized carbons (Fsp3) is 0.267. The molecule has 0 bridgehead atoms. The van der Waals surface area contributed by atoms with Crippen molar-refractivity contribution in [1.82, 2.24) is 15.3 Å². The monoisotopic (exact) mass is 270 g/mol. The largest absolute Gasteiger partial charge is 0.351 e. The smallest absolute Gasteiger partial charge is 0.270 e. The number of nitrogens with zero attached hydrogens (tertiary/aromatic N) is 2. The molecule has 1 heterocycles. The Bertz CT molecular complexity index is 557. The zero-order chi connectivity index (χ0) is 14.2. The molecule has 0 spiro atoms. The van der Waals surface area contributed by atoms with E-state index < -0.39 is 0 Å². The van der Waals surface area contributed by atoms with E-state index in [1.807, 2.05) is 37.3 Å². The quantitative estimate of drug-likeness (QED) is 0.844. The molecule has 0 saturated carbocycles. The Morgan fingerprint density at radius 2 is 2.00 bits per heavy atom. The summed E-state index contributed by atoms with van der Waals surface area (Å²) in [6.45, 7) is 3.28. The number of anilines is 1. The fourth-order valence-electron chi connectivity index (χ4n) is 1.68. The van der Waals surface area contributed by atoms with Gasteiger partial charge in [-0.25, -0.2) is 9.97 Å². The molecular weight excluding hydrogens is 252 g/mol. The Balaban J connectivity index is 1.97. The molecule has 0 fully saturated rings. The maximum absolute atomic E-state index is 11.8. The van der Waals surface area contributed by atoms with Gasteiger partial charge in [-0.3, -0.25) is 4.79 Å². The van der Waals surface area contributed by atoms with Gasteiger partial charge in [-0.05, 0) is 18.1 Å². The average Bonchev–Trinajstić information content (AvgIpc) is 2.52. The molecule has 0 saturated heterocycles. The minimum Gasteiger partial charge on any atom is -0.351 e. The maximum atomic E-state index is 11.8. The van der Waals surface area contributed by atoms with Crippen LogP contribution in [0.1, 0.15) is 29.4 Å². The van der Waals surface area contributed by atoms with Crippen LogP contribution < -0.4 is 10.6 Å². The molecule has 0 radical (unpaired) electrons. The predicted octanol–water partition coefficient (Wildman–Crippen LogP) is 2.23. The Morgan fingerprint density at radius 3 is 2.75 bits per heavy atom. The Hall–Kier alpha value is -2.43. The first-order valence-corrected chi connectivity index (χ1v) is 6.68. The minimum absolute atomic E-state index is 0.169. The summed E-state index contributed by atoms with van der Waals surface area (Å²) in [5, 5.41) is 5.90. The van der Waals surface area contributed by atoms with Crippen molar-refractivity contribution in [3.8, 4) is 0 Å². The highest BCUT2D eigenvalue weighted by molar-refractivity contribution is 5.92. The average molecular weight is 270 g/mol. The normalized spacial score (nSPS) is 10.1. The first-order chi connectivity index (χ1) is 9.79. The van der Waals surface area contributed by atoms with Gasteiger partial charge in [-0.1, -0.05) is 37.3 Å². The predicted molar refractivity (Wildman–Crippen MR) is 78.4 cm³/mol. The van der Waals surface area contributed by atoms with Crippen molar-refractivity contribution in [2.75, 3.05) is 11.9 Å². The number of carbonyl (C=O) groups is 1. The van der Waals surface area contributed by atoms with Gasteiger partial charge >= 0.3 is 0 Å². The number of rotatable bonds is 6. The molecular formula is C15H18N4O. The Morgan fingerprint density at radius 1 is 1.20 bits per heavy atom. The van der Waals surface area contributed by atoms with Gasteiger partial charge in [0, 0.05) is 19.3 Å². The second-order valence-corrected chi connectivity index (χ2v) is 4.36. The Labute approximate surface area is 118 Å². The summed E-state index contributed by atoms with van der Waals surface area (Å²) in [7, 11) is 0. The van der Waals surface area contributed by atoms with Crippen LogP contribution in [0, 0.1) is 0 Å². The molecule has 0 atom stereocenters. The van der Waals surface area contributed by atoms with Gasteiger partial charge in [0.1, 0.15) is 5.69 Å². The van der Waals surface area contributed by atoms with Crippen molar-refractivity contribution < 1.29 is 4.79 Å². The highest BCUT2D eigenvalue weighted by atomic mass is 16.1. The number of nitrogens with one attached hydrogen (secondary N) is 2. The van der Waals surface area contributed by atoms with E-state index in [0.29, 0.717) is 24.7 Å². The van der Waals surface area contributed by atoms with Crippen LogP contribution in [0.5, 0.6) is 0 Å². The molecule has 5 nitrogen and oxygen atoms in total. The lowest BCUT2D eigenvalue weighted by atomic mass is 10.2. The summed E-state index contributed by atoms with van der Waals surface area (Å²) in [5.74, 6) is 0.287. The lowest BCUT2D eigenvalue weighted by Gasteiger charge is -2.07. The summed E-state index contributed by atoms with van der Waals surface area (Å²) < 4.78 is 0. The molecule has 0 aliphatic heterocycles. The molecule has 1 amide bonds. The third-order valence-electron chi connectivity index (χ3n) is 2.72. The van der Waals surface area contributed by atoms with E-state index >= 15 is 0 Å². The standard InChI is InChI=1S/C15H18N4O/c1-2-9-16-14(20)13-8-10-17-15(19-13)18-11-12-6-4-3-5-7-12/h3-8,10H,2,9,11H2,1H3,(H,16,20)(H,17,18,19). The molecule has 0 aliphatic carbocycles. The highest BCUT2D eigenvalue weighted by Crippen LogP contribution is 2.04. The van der Waals surface area contributed by atoms with E-state index in [2.05, 4.69) is 20.6 Å². The molecule has 0 aliphatic rings. The van der Waals surface area contributed by atoms with Gasteiger partial charge in [0.15, 0.2) is 0 Å². The second-order valence-electron chi connectivity index (χ2n) is 4.36. The number of hydrogen-bond donors (Lipinski definition) is 2. The fourth-order valence-corrected chi connectivity index (χ4v) is 1.68. The van der Waals surface area contributed by atoms with Crippen LogP contribution in [-0.2, 0) is 6.54 Å². The van der Waals surface area contributed by atoms with Crippen molar-refractivity contribution in [2.24, 2.45) is 0 Å². The molecule has 2 aromatic rings. The summed E-state index contributed by atoms with van der Waals surface area (Å²) in [5.41, 5.74) is 1.51. The number of amides is 1. The van der Waals surface area contributed by atoms with Crippen molar-refractivity contribution in [3.05, 3.63) is 53.9 Å². The SMILES string of the molecule is CCCNC(=O)c1ccnc(NCc2ccccc2)n1. The second kappa shape index (κ2) is 7.23. The van der Waals surface area contributed by atoms with E-state index in [0.717, 1.165) is 12.0 Å². The molecule has 0 unspecified atom stereocenters. The molecule has 1 aromatic heterocycles. The summed E-state index contributed by atoms with van der Waals surface area (Å²) >= 11 is 0. The van der Waals surface area contributed by atoms with Gasteiger partial charge in [0.2, 0.25) is 5.95 Å². The van der Waals surface area contributed by atoms with Crippen LogP contribution >= 0.6 is 0 Å². The van der Waals surface area contributed by atoms with Gasteiger partial charge in [0.05, 0.1) is 0 Å². The van der Waals surface area contributed by atoms with Crippen molar-refractivity contribution in [3.63, 3.8) is 0 Å². The van der Waals surface area contributed by atoms with Gasteiger partial charge < -0.3 is 10.6 Å². The maximum Gasteiger partial charge on any atom is 0.270 e. The van der Waals surface area contributed by atoms with Crippen LogP contribution in [0.25, 0.3) is 0 Å². The number of hydrogen-bond acceptors (Lipinski definition) is 4. The topological polar surface area (TPSA) is 66.9 Å². The first kappa shape index (κ1) is 14.0. The highest BCUT2D eigenvalue weighted by Gasteiger charge is 2.07. The van der Waals surface area contributed by atoms with E-state index in [9.17, 15) is 4.79 Å². The molecule has 5 heteroatoms. The van der Waals surface area contributed by atoms with Gasteiger partial charge in [0.25, 0.3) is 5.91 Å². The lowest BCUT2D eigenvalue weighted by molar-refractivity contribution is 0.0948. The lowest BCUT2D eigenvalue weighted by Crippen LogP contribution is -2.25. The molecule has 104 valence electrons. The van der Waals surface area contributed by atoms with Crippen LogP contribution in [-0.4, -0.2) is 22.4 Å². The molecule has 2 N–H and O–H groups in total. The van der Waals surface area contributed by atoms with Crippen molar-refractivity contribution in [1.29, 1.82) is 0 Å². The molecule has 20 heavy (non-hydrogen) atoms. The van der Waals surface area contributed by atoms with Crippen LogP contribution in [0.2, 0.25) is 0 Å². The zero-order valence-electron chi connectivity index (χ0n) is 11.5. The van der Waals surface area contributed by atoms with E-state index in [1.165, 1.54) is 0 Å². The van der Waals surface area contributed by atoms with E-state index in [-0.39, 0.29) is 5.91 Å². The van der Waals surface area contributed by atoms with E-state index in [1.54, 1.807) is 12.3 Å². The third-order valence-corrected chi connectivity index (χ3v) is 2.72. The zero-order valence-corrected chi connectivity index (χ0v) is 11.5. The van der Waals surface area contributed by atoms with Crippen LogP contribution in [0.4, 0.5) is 5.95 Å². The van der Waals surface area contributed by atoms with Gasteiger partial charge in [-0.2, -0.15) is 0 Å². The summed E-state index contributed by atoms with van der Waals surface area (Å²) in [6.07, 6.45) is 2.48. The molecule has 2 rings (SSSR count). The number of aromatic nitrogens is 2. The van der Waals surface area contributed by atoms with Crippen LogP contribution in [0.3, 0.4) is 0 Å². The summed E-state index contributed by atoms with van der Waals surface area (Å²) in [4.78, 5) is 20.1. The number of benzene rings is 1. The number of carbonyl (C=O) groups excluding carboxylic acids is 1. The summed E-state index contributed by atoms with van der Waals surface area (Å²) in [6, 6.07) is 11.6.